The van der Waals surface area contributed by atoms with Crippen LogP contribution in [0.1, 0.15) is 6.92 Å². The predicted molar refractivity (Wildman–Crippen MR) is 38.3 cm³/mol. The van der Waals surface area contributed by atoms with Crippen LogP contribution in [0.4, 0.5) is 4.79 Å². The Kier molecular flexibility index (Phi) is 1.66. The fourth-order valence-electron chi connectivity index (χ4n) is 0.618. The molecule has 0 aromatic rings. The first-order valence-electron chi connectivity index (χ1n) is 2.79. The lowest BCUT2D eigenvalue weighted by Gasteiger charge is -2.20. The van der Waals surface area contributed by atoms with Crippen LogP contribution in [-0.4, -0.2) is 17.6 Å². The maximum absolute atomic E-state index is 10.5. The molecule has 9 heavy (non-hydrogen) atoms. The summed E-state index contributed by atoms with van der Waals surface area (Å²) in [4.78, 5) is 11.1. The Morgan fingerprint density at radius 3 is 2.89 bits per heavy atom. The van der Waals surface area contributed by atoms with E-state index in [0.717, 1.165) is 0 Å². The van der Waals surface area contributed by atoms with Gasteiger partial charge < -0.3 is 10.6 Å². The third-order valence-corrected chi connectivity index (χ3v) is 1.76. The molecule has 0 saturated carbocycles. The lowest BCUT2D eigenvalue weighted by atomic mass is 10.1. The van der Waals surface area contributed by atoms with Gasteiger partial charge in [0.1, 0.15) is 0 Å². The second-order valence-corrected chi connectivity index (χ2v) is 2.54. The lowest BCUT2D eigenvalue weighted by molar-refractivity contribution is 0.242. The number of carbonyl (C=O) groups is 1. The molecule has 0 spiro atoms. The number of urea groups is 1. The Balaban J connectivity index is 2.54. The molecule has 1 saturated heterocycles. The molecule has 3 nitrogen and oxygen atoms in total. The molecule has 2 amide bonds. The molecule has 1 heterocycles. The molecular formula is C5H8N2OS. The van der Waals surface area contributed by atoms with Gasteiger partial charge in [-0.1, -0.05) is 19.1 Å². The summed E-state index contributed by atoms with van der Waals surface area (Å²) in [6, 6.07) is -0.182. The summed E-state index contributed by atoms with van der Waals surface area (Å²) in [6.07, 6.45) is 0. The Morgan fingerprint density at radius 2 is 2.44 bits per heavy atom. The number of rotatable bonds is 0. The van der Waals surface area contributed by atoms with Crippen LogP contribution in [0.5, 0.6) is 0 Å². The molecule has 1 rings (SSSR count). The average molecular weight is 144 g/mol. The van der Waals surface area contributed by atoms with Gasteiger partial charge in [0, 0.05) is 12.5 Å². The minimum atomic E-state index is -0.182. The molecule has 1 unspecified atom stereocenters. The van der Waals surface area contributed by atoms with Gasteiger partial charge in [0.2, 0.25) is 0 Å². The maximum Gasteiger partial charge on any atom is 0.319 e. The summed E-state index contributed by atoms with van der Waals surface area (Å²) in [5, 5.41) is 5.14. The standard InChI is InChI=1S/C5H8N2OS/c1-3-2-6-5(8)7-4(3)9/h3H,2H2,1H3,(H2,6,7,8,9). The number of thiocarbonyl (C=S) groups is 1. The molecule has 1 aliphatic rings. The molecule has 0 aromatic heterocycles. The molecule has 1 fully saturated rings. The van der Waals surface area contributed by atoms with Gasteiger partial charge in [0.15, 0.2) is 0 Å². The van der Waals surface area contributed by atoms with Gasteiger partial charge in [-0.3, -0.25) is 0 Å². The second-order valence-electron chi connectivity index (χ2n) is 2.10. The number of nitrogens with one attached hydrogen (secondary N) is 2. The van der Waals surface area contributed by atoms with Crippen molar-refractivity contribution in [2.24, 2.45) is 5.92 Å². The summed E-state index contributed by atoms with van der Waals surface area (Å²) < 4.78 is 0. The number of amides is 2. The predicted octanol–water partition coefficient (Wildman–Crippen LogP) is 0.263. The summed E-state index contributed by atoms with van der Waals surface area (Å²) in [5.41, 5.74) is 0. The average Bonchev–Trinajstić information content (AvgIpc) is 1.80. The van der Waals surface area contributed by atoms with Crippen molar-refractivity contribution in [3.8, 4) is 0 Å². The van der Waals surface area contributed by atoms with E-state index in [1.165, 1.54) is 0 Å². The second kappa shape index (κ2) is 2.31. The minimum Gasteiger partial charge on any atom is -0.337 e. The van der Waals surface area contributed by atoms with E-state index in [1.807, 2.05) is 6.92 Å². The zero-order valence-corrected chi connectivity index (χ0v) is 5.92. The van der Waals surface area contributed by atoms with Gasteiger partial charge in [-0.15, -0.1) is 0 Å². The summed E-state index contributed by atoms with van der Waals surface area (Å²) >= 11 is 4.83. The van der Waals surface area contributed by atoms with E-state index >= 15 is 0 Å². The van der Waals surface area contributed by atoms with Crippen molar-refractivity contribution in [2.75, 3.05) is 6.54 Å². The van der Waals surface area contributed by atoms with Crippen LogP contribution in [0.2, 0.25) is 0 Å². The Labute approximate surface area is 58.8 Å². The van der Waals surface area contributed by atoms with Crippen molar-refractivity contribution in [1.82, 2.24) is 10.6 Å². The molecule has 0 bridgehead atoms. The number of hydrogen-bond acceptors (Lipinski definition) is 2. The van der Waals surface area contributed by atoms with Crippen LogP contribution >= 0.6 is 12.2 Å². The van der Waals surface area contributed by atoms with E-state index < -0.39 is 0 Å². The Hall–Kier alpha value is -0.640. The smallest absolute Gasteiger partial charge is 0.319 e. The first-order valence-corrected chi connectivity index (χ1v) is 3.19. The van der Waals surface area contributed by atoms with Gasteiger partial charge >= 0.3 is 6.03 Å². The highest BCUT2D eigenvalue weighted by Crippen LogP contribution is 1.98. The SMILES string of the molecule is CC1CNC(=O)NC1=S. The number of carbonyl (C=O) groups excluding carboxylic acids is 1. The zero-order chi connectivity index (χ0) is 6.85. The van der Waals surface area contributed by atoms with Crippen LogP contribution in [0.25, 0.3) is 0 Å². The van der Waals surface area contributed by atoms with E-state index in [2.05, 4.69) is 10.6 Å². The Bertz CT molecular complexity index is 157. The van der Waals surface area contributed by atoms with Gasteiger partial charge in [-0.2, -0.15) is 0 Å². The van der Waals surface area contributed by atoms with Crippen molar-refractivity contribution in [2.45, 2.75) is 6.92 Å². The topological polar surface area (TPSA) is 41.1 Å². The van der Waals surface area contributed by atoms with Crippen molar-refractivity contribution in [3.63, 3.8) is 0 Å². The third kappa shape index (κ3) is 1.38. The van der Waals surface area contributed by atoms with Gasteiger partial charge in [-0.25, -0.2) is 4.79 Å². The van der Waals surface area contributed by atoms with Gasteiger partial charge in [-0.05, 0) is 0 Å². The first kappa shape index (κ1) is 6.48. The molecule has 1 atom stereocenters. The summed E-state index contributed by atoms with van der Waals surface area (Å²) in [5.74, 6) is 0.276. The van der Waals surface area contributed by atoms with E-state index in [0.29, 0.717) is 11.5 Å². The normalized spacial score (nSPS) is 27.0. The molecule has 2 N–H and O–H groups in total. The highest BCUT2D eigenvalue weighted by Gasteiger charge is 2.17. The van der Waals surface area contributed by atoms with Crippen molar-refractivity contribution in [1.29, 1.82) is 0 Å². The van der Waals surface area contributed by atoms with Crippen LogP contribution in [0.3, 0.4) is 0 Å². The van der Waals surface area contributed by atoms with Gasteiger partial charge in [0.05, 0.1) is 4.99 Å². The highest BCUT2D eigenvalue weighted by molar-refractivity contribution is 7.80. The Morgan fingerprint density at radius 1 is 1.78 bits per heavy atom. The van der Waals surface area contributed by atoms with Crippen LogP contribution in [0, 0.1) is 5.92 Å². The molecule has 4 heteroatoms. The van der Waals surface area contributed by atoms with E-state index in [9.17, 15) is 4.79 Å². The van der Waals surface area contributed by atoms with Gasteiger partial charge in [0.25, 0.3) is 0 Å². The lowest BCUT2D eigenvalue weighted by Crippen LogP contribution is -2.50. The number of hydrogen-bond donors (Lipinski definition) is 2. The minimum absolute atomic E-state index is 0.182. The van der Waals surface area contributed by atoms with Crippen molar-refractivity contribution >= 4 is 23.2 Å². The molecule has 50 valence electrons. The molecular weight excluding hydrogens is 136 g/mol. The quantitative estimate of drug-likeness (QED) is 0.479. The third-order valence-electron chi connectivity index (χ3n) is 1.25. The van der Waals surface area contributed by atoms with Crippen molar-refractivity contribution in [3.05, 3.63) is 0 Å². The molecule has 0 radical (unpaired) electrons. The van der Waals surface area contributed by atoms with Crippen molar-refractivity contribution < 1.29 is 4.79 Å². The summed E-state index contributed by atoms with van der Waals surface area (Å²) in [6.45, 7) is 2.62. The van der Waals surface area contributed by atoms with Crippen LogP contribution in [0.15, 0.2) is 0 Å². The van der Waals surface area contributed by atoms with E-state index in [1.54, 1.807) is 0 Å². The van der Waals surface area contributed by atoms with Crippen LogP contribution in [-0.2, 0) is 0 Å². The molecule has 0 aromatic carbocycles. The first-order chi connectivity index (χ1) is 4.20. The highest BCUT2D eigenvalue weighted by atomic mass is 32.1. The maximum atomic E-state index is 10.5. The fourth-order valence-corrected chi connectivity index (χ4v) is 0.794. The molecule has 1 aliphatic heterocycles. The molecule has 0 aliphatic carbocycles. The monoisotopic (exact) mass is 144 g/mol. The fraction of sp³-hybridized carbons (Fsp3) is 0.600. The zero-order valence-electron chi connectivity index (χ0n) is 5.10. The van der Waals surface area contributed by atoms with Crippen LogP contribution < -0.4 is 10.6 Å². The van der Waals surface area contributed by atoms with E-state index in [-0.39, 0.29) is 11.9 Å². The largest absolute Gasteiger partial charge is 0.337 e. The summed E-state index contributed by atoms with van der Waals surface area (Å²) in [7, 11) is 0. The van der Waals surface area contributed by atoms with E-state index in [4.69, 9.17) is 12.2 Å².